The van der Waals surface area contributed by atoms with Crippen LogP contribution < -0.4 is 19.5 Å². The number of methoxy groups -OCH3 is 2. The molecule has 0 unspecified atom stereocenters. The van der Waals surface area contributed by atoms with Crippen molar-refractivity contribution in [1.29, 1.82) is 0 Å². The third-order valence-corrected chi connectivity index (χ3v) is 4.35. The van der Waals surface area contributed by atoms with Crippen LogP contribution in [0, 0.1) is 0 Å². The molecule has 0 aliphatic heterocycles. The standard InChI is InChI=1S/C19H19N3O4S/c1-4-26-15-10-7-13(11-16(15)25-3)17-20-19(27-22-17)21-18(23)12-5-8-14(24-2)9-6-12/h5-11H,4H2,1-3H3,(H,20,21,22,23). The van der Waals surface area contributed by atoms with E-state index in [1.165, 1.54) is 0 Å². The molecule has 0 atom stereocenters. The minimum atomic E-state index is -0.260. The van der Waals surface area contributed by atoms with Gasteiger partial charge in [-0.15, -0.1) is 0 Å². The van der Waals surface area contributed by atoms with Crippen molar-refractivity contribution in [2.24, 2.45) is 0 Å². The van der Waals surface area contributed by atoms with Gasteiger partial charge in [-0.2, -0.15) is 9.36 Å². The zero-order chi connectivity index (χ0) is 19.2. The second kappa shape index (κ2) is 8.50. The molecule has 3 rings (SSSR count). The Morgan fingerprint density at radius 1 is 1.07 bits per heavy atom. The number of carbonyl (C=O) groups is 1. The summed E-state index contributed by atoms with van der Waals surface area (Å²) in [7, 11) is 3.16. The van der Waals surface area contributed by atoms with E-state index in [1.807, 2.05) is 25.1 Å². The Morgan fingerprint density at radius 2 is 1.85 bits per heavy atom. The molecular formula is C19H19N3O4S. The molecule has 2 aromatic carbocycles. The average molecular weight is 385 g/mol. The lowest BCUT2D eigenvalue weighted by Gasteiger charge is -2.09. The molecule has 140 valence electrons. The molecule has 1 amide bonds. The molecular weight excluding hydrogens is 366 g/mol. The van der Waals surface area contributed by atoms with Gasteiger partial charge in [-0.05, 0) is 49.4 Å². The maximum absolute atomic E-state index is 12.3. The number of aromatic nitrogens is 2. The van der Waals surface area contributed by atoms with Crippen LogP contribution in [-0.2, 0) is 0 Å². The molecule has 0 saturated heterocycles. The van der Waals surface area contributed by atoms with Crippen molar-refractivity contribution >= 4 is 22.6 Å². The highest BCUT2D eigenvalue weighted by Gasteiger charge is 2.13. The van der Waals surface area contributed by atoms with E-state index in [1.54, 1.807) is 38.5 Å². The van der Waals surface area contributed by atoms with E-state index in [2.05, 4.69) is 14.7 Å². The largest absolute Gasteiger partial charge is 0.497 e. The summed E-state index contributed by atoms with van der Waals surface area (Å²) >= 11 is 1.11. The van der Waals surface area contributed by atoms with Crippen molar-refractivity contribution in [3.05, 3.63) is 48.0 Å². The van der Waals surface area contributed by atoms with E-state index in [9.17, 15) is 4.79 Å². The molecule has 27 heavy (non-hydrogen) atoms. The predicted molar refractivity (Wildman–Crippen MR) is 104 cm³/mol. The lowest BCUT2D eigenvalue weighted by molar-refractivity contribution is 0.102. The van der Waals surface area contributed by atoms with E-state index < -0.39 is 0 Å². The number of hydrogen-bond donors (Lipinski definition) is 1. The van der Waals surface area contributed by atoms with Gasteiger partial charge in [-0.25, -0.2) is 0 Å². The van der Waals surface area contributed by atoms with Crippen LogP contribution in [0.1, 0.15) is 17.3 Å². The first kappa shape index (κ1) is 18.7. The van der Waals surface area contributed by atoms with Gasteiger partial charge in [0.15, 0.2) is 17.3 Å². The number of hydrogen-bond acceptors (Lipinski definition) is 7. The first-order chi connectivity index (χ1) is 13.1. The Kier molecular flexibility index (Phi) is 5.87. The second-order valence-electron chi connectivity index (χ2n) is 5.40. The van der Waals surface area contributed by atoms with Gasteiger partial charge in [0, 0.05) is 22.7 Å². The van der Waals surface area contributed by atoms with Crippen LogP contribution in [0.15, 0.2) is 42.5 Å². The SMILES string of the molecule is CCOc1ccc(-c2nsc(NC(=O)c3ccc(OC)cc3)n2)cc1OC. The van der Waals surface area contributed by atoms with Gasteiger partial charge >= 0.3 is 0 Å². The van der Waals surface area contributed by atoms with Gasteiger partial charge < -0.3 is 14.2 Å². The number of anilines is 1. The molecule has 3 aromatic rings. The summed E-state index contributed by atoms with van der Waals surface area (Å²) in [5, 5.41) is 3.17. The van der Waals surface area contributed by atoms with Gasteiger partial charge in [0.1, 0.15) is 5.75 Å². The van der Waals surface area contributed by atoms with E-state index >= 15 is 0 Å². The van der Waals surface area contributed by atoms with E-state index in [4.69, 9.17) is 14.2 Å². The normalized spacial score (nSPS) is 10.3. The lowest BCUT2D eigenvalue weighted by atomic mass is 10.2. The summed E-state index contributed by atoms with van der Waals surface area (Å²) in [6, 6.07) is 12.3. The van der Waals surface area contributed by atoms with Crippen LogP contribution in [0.3, 0.4) is 0 Å². The molecule has 1 N–H and O–H groups in total. The number of nitrogens with one attached hydrogen (secondary N) is 1. The van der Waals surface area contributed by atoms with Gasteiger partial charge in [-0.3, -0.25) is 10.1 Å². The van der Waals surface area contributed by atoms with Crippen LogP contribution in [0.25, 0.3) is 11.4 Å². The van der Waals surface area contributed by atoms with Crippen molar-refractivity contribution in [3.8, 4) is 28.6 Å². The molecule has 1 aromatic heterocycles. The molecule has 0 aliphatic rings. The van der Waals surface area contributed by atoms with Crippen molar-refractivity contribution in [1.82, 2.24) is 9.36 Å². The monoisotopic (exact) mass is 385 g/mol. The maximum Gasteiger partial charge on any atom is 0.257 e. The van der Waals surface area contributed by atoms with Gasteiger partial charge in [0.2, 0.25) is 5.13 Å². The quantitative estimate of drug-likeness (QED) is 0.665. The zero-order valence-corrected chi connectivity index (χ0v) is 16.0. The summed E-state index contributed by atoms with van der Waals surface area (Å²) < 4.78 is 20.3. The van der Waals surface area contributed by atoms with Gasteiger partial charge in [-0.1, -0.05) is 0 Å². The van der Waals surface area contributed by atoms with E-state index in [0.29, 0.717) is 40.4 Å². The van der Waals surface area contributed by atoms with Crippen molar-refractivity contribution < 1.29 is 19.0 Å². The number of benzene rings is 2. The molecule has 8 heteroatoms. The first-order valence-electron chi connectivity index (χ1n) is 8.25. The third-order valence-electron chi connectivity index (χ3n) is 3.72. The Hall–Kier alpha value is -3.13. The Labute approximate surface area is 161 Å². The molecule has 1 heterocycles. The molecule has 0 spiro atoms. The fourth-order valence-electron chi connectivity index (χ4n) is 2.38. The molecule has 7 nitrogen and oxygen atoms in total. The molecule has 0 bridgehead atoms. The van der Waals surface area contributed by atoms with Crippen LogP contribution >= 0.6 is 11.5 Å². The summed E-state index contributed by atoms with van der Waals surface area (Å²) in [5.74, 6) is 2.20. The van der Waals surface area contributed by atoms with E-state index in [-0.39, 0.29) is 5.91 Å². The fourth-order valence-corrected chi connectivity index (χ4v) is 2.97. The fraction of sp³-hybridized carbons (Fsp3) is 0.211. The smallest absolute Gasteiger partial charge is 0.257 e. The Bertz CT molecular complexity index is 925. The highest BCUT2D eigenvalue weighted by Crippen LogP contribution is 2.32. The highest BCUT2D eigenvalue weighted by atomic mass is 32.1. The van der Waals surface area contributed by atoms with Gasteiger partial charge in [0.05, 0.1) is 20.8 Å². The Balaban J connectivity index is 1.75. The van der Waals surface area contributed by atoms with Crippen molar-refractivity contribution in [2.45, 2.75) is 6.92 Å². The third kappa shape index (κ3) is 4.35. The summed E-state index contributed by atoms with van der Waals surface area (Å²) in [6.07, 6.45) is 0. The molecule has 0 aliphatic carbocycles. The number of amides is 1. The minimum Gasteiger partial charge on any atom is -0.497 e. The average Bonchev–Trinajstić information content (AvgIpc) is 3.17. The second-order valence-corrected chi connectivity index (χ2v) is 6.16. The lowest BCUT2D eigenvalue weighted by Crippen LogP contribution is -2.11. The van der Waals surface area contributed by atoms with Gasteiger partial charge in [0.25, 0.3) is 5.91 Å². The molecule has 0 fully saturated rings. The van der Waals surface area contributed by atoms with Crippen LogP contribution in [0.4, 0.5) is 5.13 Å². The zero-order valence-electron chi connectivity index (χ0n) is 15.2. The maximum atomic E-state index is 12.3. The minimum absolute atomic E-state index is 0.260. The number of ether oxygens (including phenoxy) is 3. The van der Waals surface area contributed by atoms with Crippen molar-refractivity contribution in [3.63, 3.8) is 0 Å². The molecule has 0 saturated carbocycles. The summed E-state index contributed by atoms with van der Waals surface area (Å²) in [6.45, 7) is 2.46. The predicted octanol–water partition coefficient (Wildman–Crippen LogP) is 3.87. The molecule has 0 radical (unpaired) electrons. The highest BCUT2D eigenvalue weighted by molar-refractivity contribution is 7.10. The number of rotatable bonds is 7. The topological polar surface area (TPSA) is 82.6 Å². The summed E-state index contributed by atoms with van der Waals surface area (Å²) in [5.41, 5.74) is 1.28. The number of carbonyl (C=O) groups excluding carboxylic acids is 1. The Morgan fingerprint density at radius 3 is 2.52 bits per heavy atom. The van der Waals surface area contributed by atoms with Crippen molar-refractivity contribution in [2.75, 3.05) is 26.1 Å². The van der Waals surface area contributed by atoms with Crippen LogP contribution in [-0.4, -0.2) is 36.1 Å². The first-order valence-corrected chi connectivity index (χ1v) is 9.02. The van der Waals surface area contributed by atoms with Crippen LogP contribution in [0.5, 0.6) is 17.2 Å². The summed E-state index contributed by atoms with van der Waals surface area (Å²) in [4.78, 5) is 16.7. The van der Waals surface area contributed by atoms with E-state index in [0.717, 1.165) is 17.1 Å². The van der Waals surface area contributed by atoms with Crippen LogP contribution in [0.2, 0.25) is 0 Å². The number of nitrogens with zero attached hydrogens (tertiary/aromatic N) is 2.